The van der Waals surface area contributed by atoms with Crippen molar-refractivity contribution < 1.29 is 28.7 Å². The van der Waals surface area contributed by atoms with Gasteiger partial charge in [-0.2, -0.15) is 0 Å². The number of amides is 4. The zero-order valence-electron chi connectivity index (χ0n) is 33.9. The van der Waals surface area contributed by atoms with Gasteiger partial charge in [0.25, 0.3) is 5.91 Å². The second kappa shape index (κ2) is 20.2. The predicted molar refractivity (Wildman–Crippen MR) is 208 cm³/mol. The van der Waals surface area contributed by atoms with Gasteiger partial charge in [0.1, 0.15) is 18.7 Å². The Balaban J connectivity index is 1.89. The summed E-state index contributed by atoms with van der Waals surface area (Å²) in [5.74, 6) is -0.0599. The number of nitrogens with zero attached hydrogens (tertiary/aromatic N) is 1. The standard InChI is InChI=1S/C41H70N6O6/c1-11-13-18-32(36(48)38(50)42-19-12-2)46-37(49)33-22-31(25(3)4)23-47(33)39(51)35(30-20-28-16-14-15-17-29(28)21-30)45-27(7)44-34(41(8,9)10)24-53-40(52)43-26(5)6/h12,25-26,28-35,44-45H,2,7,11,13-24H2,1,3-6,8-10H3,(H,42,50)(H,43,52)(H,46,49)/t28-,29?,30?,31+,32?,33?,34?,35?/m0/s1. The van der Waals surface area contributed by atoms with E-state index in [1.807, 2.05) is 41.5 Å². The van der Waals surface area contributed by atoms with E-state index in [1.54, 1.807) is 4.90 Å². The average molecular weight is 743 g/mol. The number of hydrogen-bond donors (Lipinski definition) is 5. The van der Waals surface area contributed by atoms with Crippen molar-refractivity contribution in [2.75, 3.05) is 19.7 Å². The van der Waals surface area contributed by atoms with Crippen molar-refractivity contribution in [2.24, 2.45) is 35.0 Å². The van der Waals surface area contributed by atoms with E-state index in [1.165, 1.54) is 31.8 Å². The van der Waals surface area contributed by atoms with Gasteiger partial charge in [0.2, 0.25) is 17.6 Å². The maximum absolute atomic E-state index is 15.0. The van der Waals surface area contributed by atoms with Gasteiger partial charge < -0.3 is 36.2 Å². The summed E-state index contributed by atoms with van der Waals surface area (Å²) in [6, 6.07) is -2.77. The highest BCUT2D eigenvalue weighted by Crippen LogP contribution is 2.47. The Morgan fingerprint density at radius 1 is 0.906 bits per heavy atom. The zero-order valence-corrected chi connectivity index (χ0v) is 33.9. The van der Waals surface area contributed by atoms with Gasteiger partial charge in [-0.1, -0.05) is 92.7 Å². The van der Waals surface area contributed by atoms with Crippen molar-refractivity contribution >= 4 is 29.6 Å². The van der Waals surface area contributed by atoms with Crippen molar-refractivity contribution in [3.63, 3.8) is 0 Å². The van der Waals surface area contributed by atoms with Gasteiger partial charge in [0.05, 0.1) is 17.9 Å². The van der Waals surface area contributed by atoms with Crippen LogP contribution in [0.3, 0.4) is 0 Å². The molecule has 12 nitrogen and oxygen atoms in total. The molecule has 3 fully saturated rings. The molecule has 53 heavy (non-hydrogen) atoms. The van der Waals surface area contributed by atoms with Crippen LogP contribution in [-0.4, -0.2) is 84.4 Å². The summed E-state index contributed by atoms with van der Waals surface area (Å²) in [6.45, 7) is 24.6. The zero-order chi connectivity index (χ0) is 39.5. The largest absolute Gasteiger partial charge is 0.447 e. The van der Waals surface area contributed by atoms with Gasteiger partial charge in [-0.15, -0.1) is 6.58 Å². The van der Waals surface area contributed by atoms with Crippen LogP contribution < -0.4 is 26.6 Å². The van der Waals surface area contributed by atoms with Crippen LogP contribution in [0.5, 0.6) is 0 Å². The minimum absolute atomic E-state index is 0.0459. The third-order valence-corrected chi connectivity index (χ3v) is 11.5. The Bertz CT molecular complexity index is 1280. The number of unbranched alkanes of at least 4 members (excludes halogenated alkanes) is 1. The van der Waals surface area contributed by atoms with Crippen LogP contribution >= 0.6 is 0 Å². The average Bonchev–Trinajstić information content (AvgIpc) is 3.74. The lowest BCUT2D eigenvalue weighted by Crippen LogP contribution is -2.58. The molecular formula is C41H70N6O6. The van der Waals surface area contributed by atoms with E-state index in [-0.39, 0.29) is 54.3 Å². The van der Waals surface area contributed by atoms with Gasteiger partial charge in [0, 0.05) is 19.1 Å². The fraction of sp³-hybridized carbons (Fsp3) is 0.780. The van der Waals surface area contributed by atoms with Gasteiger partial charge >= 0.3 is 6.09 Å². The molecule has 0 aromatic rings. The molecule has 8 atom stereocenters. The number of hydrogen-bond acceptors (Lipinski definition) is 8. The minimum atomic E-state index is -0.989. The molecule has 0 aromatic heterocycles. The molecule has 4 amide bonds. The summed E-state index contributed by atoms with van der Waals surface area (Å²) < 4.78 is 5.57. The molecule has 0 aromatic carbocycles. The predicted octanol–water partition coefficient (Wildman–Crippen LogP) is 5.19. The fourth-order valence-electron chi connectivity index (χ4n) is 8.19. The number of rotatable bonds is 19. The first-order valence-corrected chi connectivity index (χ1v) is 20.2. The van der Waals surface area contributed by atoms with Crippen molar-refractivity contribution in [3.05, 3.63) is 25.1 Å². The van der Waals surface area contributed by atoms with Crippen molar-refractivity contribution in [1.29, 1.82) is 0 Å². The quantitative estimate of drug-likeness (QED) is 0.0894. The van der Waals surface area contributed by atoms with Gasteiger partial charge in [-0.3, -0.25) is 19.2 Å². The summed E-state index contributed by atoms with van der Waals surface area (Å²) in [7, 11) is 0. The lowest BCUT2D eigenvalue weighted by atomic mass is 9.82. The molecule has 2 saturated carbocycles. The van der Waals surface area contributed by atoms with E-state index in [0.29, 0.717) is 43.5 Å². The second-order valence-electron chi connectivity index (χ2n) is 17.4. The van der Waals surface area contributed by atoms with Crippen molar-refractivity contribution in [1.82, 2.24) is 31.5 Å². The van der Waals surface area contributed by atoms with E-state index >= 15 is 0 Å². The number of ether oxygens (including phenoxy) is 1. The molecule has 5 N–H and O–H groups in total. The third-order valence-electron chi connectivity index (χ3n) is 11.5. The minimum Gasteiger partial charge on any atom is -0.447 e. The number of carbonyl (C=O) groups is 5. The third kappa shape index (κ3) is 12.8. The molecule has 12 heteroatoms. The molecule has 2 aliphatic carbocycles. The number of likely N-dealkylation sites (tertiary alicyclic amines) is 1. The number of nitrogens with one attached hydrogen (secondary N) is 5. The van der Waals surface area contributed by atoms with Gasteiger partial charge in [0.15, 0.2) is 0 Å². The first-order chi connectivity index (χ1) is 25.0. The normalized spacial score (nSPS) is 24.4. The molecule has 3 rings (SSSR count). The van der Waals surface area contributed by atoms with Crippen LogP contribution in [-0.2, 0) is 23.9 Å². The van der Waals surface area contributed by atoms with Crippen LogP contribution in [0.25, 0.3) is 0 Å². The molecule has 0 bridgehead atoms. The summed E-state index contributed by atoms with van der Waals surface area (Å²) in [4.78, 5) is 69.1. The smallest absolute Gasteiger partial charge is 0.407 e. The molecule has 6 unspecified atom stereocenters. The van der Waals surface area contributed by atoms with E-state index in [0.717, 1.165) is 19.3 Å². The molecule has 0 spiro atoms. The van der Waals surface area contributed by atoms with Crippen LogP contribution in [0.15, 0.2) is 25.1 Å². The summed E-state index contributed by atoms with van der Waals surface area (Å²) in [5, 5.41) is 15.1. The maximum Gasteiger partial charge on any atom is 0.407 e. The molecule has 1 heterocycles. The molecule has 1 saturated heterocycles. The molecular weight excluding hydrogens is 672 g/mol. The molecule has 1 aliphatic heterocycles. The molecule has 3 aliphatic rings. The number of carbonyl (C=O) groups excluding carboxylic acids is 5. The summed E-state index contributed by atoms with van der Waals surface area (Å²) in [5.41, 5.74) is -0.318. The van der Waals surface area contributed by atoms with E-state index in [2.05, 4.69) is 53.6 Å². The highest BCUT2D eigenvalue weighted by Gasteiger charge is 2.48. The second-order valence-corrected chi connectivity index (χ2v) is 17.4. The Hall–Kier alpha value is -3.57. The van der Waals surface area contributed by atoms with Crippen LogP contribution in [0, 0.1) is 35.0 Å². The maximum atomic E-state index is 15.0. The van der Waals surface area contributed by atoms with Crippen LogP contribution in [0.1, 0.15) is 120 Å². The fourth-order valence-corrected chi connectivity index (χ4v) is 8.19. The lowest BCUT2D eigenvalue weighted by molar-refractivity contribution is -0.143. The Morgan fingerprint density at radius 3 is 2.09 bits per heavy atom. The Kier molecular flexibility index (Phi) is 16.7. The number of ketones is 1. The van der Waals surface area contributed by atoms with E-state index < -0.39 is 41.8 Å². The first kappa shape index (κ1) is 43.8. The molecule has 0 radical (unpaired) electrons. The van der Waals surface area contributed by atoms with Crippen molar-refractivity contribution in [2.45, 2.75) is 150 Å². The SMILES string of the molecule is C=CCNC(=O)C(=O)C(CCCC)NC(=O)C1C[C@@H](C(C)C)CN1C(=O)C(NC(=C)NC(COC(=O)NC(C)C)C(C)(C)C)C1CC2CCCC[C@H]2C1. The highest BCUT2D eigenvalue weighted by atomic mass is 16.5. The van der Waals surface area contributed by atoms with Crippen LogP contribution in [0.4, 0.5) is 4.79 Å². The van der Waals surface area contributed by atoms with Gasteiger partial charge in [-0.25, -0.2) is 4.79 Å². The highest BCUT2D eigenvalue weighted by molar-refractivity contribution is 6.38. The van der Waals surface area contributed by atoms with Gasteiger partial charge in [-0.05, 0) is 74.5 Å². The number of alkyl carbamates (subject to hydrolysis) is 1. The Labute approximate surface area is 318 Å². The number of fused-ring (bicyclic) bond motifs is 1. The van der Waals surface area contributed by atoms with Crippen LogP contribution in [0.2, 0.25) is 0 Å². The number of Topliss-reactive ketones (excluding diaryl/α,β-unsaturated/α-hetero) is 1. The van der Waals surface area contributed by atoms with E-state index in [4.69, 9.17) is 4.74 Å². The monoisotopic (exact) mass is 743 g/mol. The van der Waals surface area contributed by atoms with Crippen molar-refractivity contribution in [3.8, 4) is 0 Å². The topological polar surface area (TPSA) is 158 Å². The summed E-state index contributed by atoms with van der Waals surface area (Å²) in [6.07, 6.45) is 9.84. The van der Waals surface area contributed by atoms with E-state index in [9.17, 15) is 24.0 Å². The Morgan fingerprint density at radius 2 is 1.55 bits per heavy atom. The molecule has 300 valence electrons. The lowest BCUT2D eigenvalue weighted by Gasteiger charge is -2.36. The summed E-state index contributed by atoms with van der Waals surface area (Å²) >= 11 is 0. The first-order valence-electron chi connectivity index (χ1n) is 20.2.